The van der Waals surface area contributed by atoms with Gasteiger partial charge in [-0.15, -0.1) is 11.3 Å². The number of hydrogen-bond acceptors (Lipinski definition) is 8. The van der Waals surface area contributed by atoms with Crippen LogP contribution in [0.25, 0.3) is 0 Å². The number of anilines is 2. The molecule has 0 aliphatic carbocycles. The van der Waals surface area contributed by atoms with E-state index in [0.717, 1.165) is 11.3 Å². The Morgan fingerprint density at radius 2 is 2.15 bits per heavy atom. The molecule has 1 fully saturated rings. The van der Waals surface area contributed by atoms with Crippen LogP contribution in [0.3, 0.4) is 0 Å². The Bertz CT molecular complexity index is 556. The fraction of sp³-hybridized carbons (Fsp3) is 0.500. The van der Waals surface area contributed by atoms with Gasteiger partial charge in [0.2, 0.25) is 0 Å². The van der Waals surface area contributed by atoms with E-state index in [1.54, 1.807) is 11.8 Å². The second-order valence-corrected chi connectivity index (χ2v) is 5.40. The molecule has 1 aliphatic heterocycles. The molecule has 108 valence electrons. The van der Waals surface area contributed by atoms with Crippen LogP contribution in [0, 0.1) is 11.3 Å². The van der Waals surface area contributed by atoms with Crippen LogP contribution >= 0.6 is 11.3 Å². The van der Waals surface area contributed by atoms with Crippen LogP contribution in [0.15, 0.2) is 0 Å². The highest BCUT2D eigenvalue weighted by molar-refractivity contribution is 7.18. The van der Waals surface area contributed by atoms with Crippen LogP contribution in [0.2, 0.25) is 0 Å². The summed E-state index contributed by atoms with van der Waals surface area (Å²) in [7, 11) is 0. The maximum Gasteiger partial charge on any atom is 0.350 e. The van der Waals surface area contributed by atoms with E-state index < -0.39 is 18.2 Å². The highest BCUT2D eigenvalue weighted by Gasteiger charge is 2.34. The first kappa shape index (κ1) is 14.6. The summed E-state index contributed by atoms with van der Waals surface area (Å²) in [4.78, 5) is 13.6. The second-order valence-electron chi connectivity index (χ2n) is 4.40. The number of ether oxygens (including phenoxy) is 1. The number of rotatable bonds is 3. The number of nitrogen functional groups attached to an aromatic ring is 1. The van der Waals surface area contributed by atoms with Gasteiger partial charge in [-0.1, -0.05) is 0 Å². The van der Waals surface area contributed by atoms with Gasteiger partial charge in [-0.25, -0.2) is 4.79 Å². The fourth-order valence-corrected chi connectivity index (χ4v) is 3.13. The molecule has 0 radical (unpaired) electrons. The summed E-state index contributed by atoms with van der Waals surface area (Å²) in [6.45, 7) is 2.28. The number of esters is 1. The van der Waals surface area contributed by atoms with Crippen LogP contribution in [-0.4, -0.2) is 48.1 Å². The molecule has 4 N–H and O–H groups in total. The smallest absolute Gasteiger partial charge is 0.350 e. The minimum Gasteiger partial charge on any atom is -0.462 e. The maximum atomic E-state index is 11.8. The average Bonchev–Trinajstić information content (AvgIpc) is 2.90. The van der Waals surface area contributed by atoms with Crippen molar-refractivity contribution in [3.05, 3.63) is 10.4 Å². The summed E-state index contributed by atoms with van der Waals surface area (Å²) >= 11 is 1.04. The van der Waals surface area contributed by atoms with Gasteiger partial charge < -0.3 is 25.6 Å². The van der Waals surface area contributed by atoms with Gasteiger partial charge in [-0.2, -0.15) is 5.26 Å². The van der Waals surface area contributed by atoms with Crippen LogP contribution in [0.4, 0.5) is 10.7 Å². The average molecular weight is 297 g/mol. The molecule has 2 heterocycles. The number of thiophene rings is 1. The third-order valence-corrected chi connectivity index (χ3v) is 4.29. The van der Waals surface area contributed by atoms with Crippen LogP contribution in [0.5, 0.6) is 0 Å². The lowest BCUT2D eigenvalue weighted by atomic mass is 10.2. The number of aliphatic hydroxyl groups excluding tert-OH is 2. The summed E-state index contributed by atoms with van der Waals surface area (Å²) in [5, 5.41) is 28.8. The molecule has 2 atom stereocenters. The van der Waals surface area contributed by atoms with Crippen molar-refractivity contribution in [1.29, 1.82) is 5.26 Å². The van der Waals surface area contributed by atoms with Crippen LogP contribution < -0.4 is 10.6 Å². The summed E-state index contributed by atoms with van der Waals surface area (Å²) in [5.41, 5.74) is 6.08. The Kier molecular flexibility index (Phi) is 4.13. The molecule has 7 nitrogen and oxygen atoms in total. The van der Waals surface area contributed by atoms with Gasteiger partial charge in [0.1, 0.15) is 21.5 Å². The Balaban J connectivity index is 2.37. The third-order valence-electron chi connectivity index (χ3n) is 3.05. The summed E-state index contributed by atoms with van der Waals surface area (Å²) < 4.78 is 4.89. The summed E-state index contributed by atoms with van der Waals surface area (Å²) in [6, 6.07) is 1.96. The lowest BCUT2D eigenvalue weighted by Crippen LogP contribution is -2.22. The summed E-state index contributed by atoms with van der Waals surface area (Å²) in [5.74, 6) is -0.571. The molecule has 0 amide bonds. The van der Waals surface area contributed by atoms with Crippen molar-refractivity contribution >= 4 is 28.0 Å². The predicted molar refractivity (Wildman–Crippen MR) is 73.6 cm³/mol. The molecule has 0 bridgehead atoms. The number of nitriles is 1. The van der Waals surface area contributed by atoms with Crippen molar-refractivity contribution in [2.45, 2.75) is 19.1 Å². The number of β-amino-alcohol motifs (C(OH)–C–C–N with tert-alkyl or cyclic N) is 2. The predicted octanol–water partition coefficient (Wildman–Crippen LogP) is -0.0795. The Morgan fingerprint density at radius 1 is 1.55 bits per heavy atom. The normalized spacial score (nSPS) is 21.8. The van der Waals surface area contributed by atoms with E-state index in [-0.39, 0.29) is 35.8 Å². The first-order valence-corrected chi connectivity index (χ1v) is 6.91. The SMILES string of the molecule is CCOC(=O)c1sc(N2CC(O)C(O)C2)c(C#N)c1N. The van der Waals surface area contributed by atoms with E-state index >= 15 is 0 Å². The Labute approximate surface area is 119 Å². The van der Waals surface area contributed by atoms with Crippen molar-refractivity contribution in [2.75, 3.05) is 30.3 Å². The summed E-state index contributed by atoms with van der Waals surface area (Å²) in [6.07, 6.45) is -1.76. The van der Waals surface area contributed by atoms with Gasteiger partial charge in [0.25, 0.3) is 0 Å². The molecule has 0 spiro atoms. The lowest BCUT2D eigenvalue weighted by molar-refractivity contribution is 0.0533. The van der Waals surface area contributed by atoms with E-state index in [2.05, 4.69) is 0 Å². The van der Waals surface area contributed by atoms with Crippen LogP contribution in [0.1, 0.15) is 22.2 Å². The molecule has 1 saturated heterocycles. The van der Waals surface area contributed by atoms with Gasteiger partial charge in [0.15, 0.2) is 0 Å². The zero-order chi connectivity index (χ0) is 14.9. The number of carbonyl (C=O) groups is 1. The molecular weight excluding hydrogens is 282 g/mol. The fourth-order valence-electron chi connectivity index (χ4n) is 2.05. The Hall–Kier alpha value is -1.82. The number of hydrogen-bond donors (Lipinski definition) is 3. The molecule has 0 aromatic carbocycles. The topological polar surface area (TPSA) is 120 Å². The van der Waals surface area contributed by atoms with Gasteiger partial charge in [0.05, 0.1) is 24.5 Å². The van der Waals surface area contributed by atoms with Gasteiger partial charge in [-0.3, -0.25) is 0 Å². The number of nitrogens with zero attached hydrogens (tertiary/aromatic N) is 2. The standard InChI is InChI=1S/C12H15N3O4S/c1-2-19-12(18)10-9(14)6(3-13)11(20-10)15-4-7(16)8(17)5-15/h7-8,16-17H,2,4-5,14H2,1H3. The van der Waals surface area contributed by atoms with E-state index in [0.29, 0.717) is 5.00 Å². The highest BCUT2D eigenvalue weighted by Crippen LogP contribution is 2.39. The van der Waals surface area contributed by atoms with E-state index in [9.17, 15) is 20.3 Å². The zero-order valence-corrected chi connectivity index (χ0v) is 11.7. The van der Waals surface area contributed by atoms with Crippen molar-refractivity contribution in [3.63, 3.8) is 0 Å². The zero-order valence-electron chi connectivity index (χ0n) is 10.9. The molecule has 20 heavy (non-hydrogen) atoms. The van der Waals surface area contributed by atoms with E-state index in [1.165, 1.54) is 0 Å². The molecule has 2 rings (SSSR count). The van der Waals surface area contributed by atoms with Crippen molar-refractivity contribution in [3.8, 4) is 6.07 Å². The molecule has 2 unspecified atom stereocenters. The quantitative estimate of drug-likeness (QED) is 0.667. The van der Waals surface area contributed by atoms with Gasteiger partial charge in [0, 0.05) is 13.1 Å². The second kappa shape index (κ2) is 5.66. The number of carbonyl (C=O) groups excluding carboxylic acids is 1. The molecule has 1 aromatic heterocycles. The maximum absolute atomic E-state index is 11.8. The first-order chi connectivity index (χ1) is 9.49. The number of nitrogens with two attached hydrogens (primary N) is 1. The largest absolute Gasteiger partial charge is 0.462 e. The lowest BCUT2D eigenvalue weighted by Gasteiger charge is -2.15. The van der Waals surface area contributed by atoms with Crippen LogP contribution in [-0.2, 0) is 4.74 Å². The molecule has 1 aliphatic rings. The molecule has 1 aromatic rings. The monoisotopic (exact) mass is 297 g/mol. The van der Waals surface area contributed by atoms with Crippen molar-refractivity contribution in [2.24, 2.45) is 0 Å². The minimum atomic E-state index is -0.879. The third kappa shape index (κ3) is 2.43. The molecular formula is C12H15N3O4S. The van der Waals surface area contributed by atoms with Crippen molar-refractivity contribution in [1.82, 2.24) is 0 Å². The van der Waals surface area contributed by atoms with Gasteiger partial charge in [-0.05, 0) is 6.92 Å². The molecule has 8 heteroatoms. The van der Waals surface area contributed by atoms with Gasteiger partial charge >= 0.3 is 5.97 Å². The first-order valence-electron chi connectivity index (χ1n) is 6.10. The highest BCUT2D eigenvalue weighted by atomic mass is 32.1. The van der Waals surface area contributed by atoms with E-state index in [1.807, 2.05) is 6.07 Å². The molecule has 0 saturated carbocycles. The van der Waals surface area contributed by atoms with E-state index in [4.69, 9.17) is 10.5 Å². The minimum absolute atomic E-state index is 0.0850. The Morgan fingerprint density at radius 3 is 2.65 bits per heavy atom. The van der Waals surface area contributed by atoms with Crippen molar-refractivity contribution < 1.29 is 19.7 Å². The number of aliphatic hydroxyl groups is 2.